The van der Waals surface area contributed by atoms with Crippen molar-refractivity contribution in [3.05, 3.63) is 0 Å². The van der Waals surface area contributed by atoms with Crippen molar-refractivity contribution in [3.8, 4) is 0 Å². The van der Waals surface area contributed by atoms with Gasteiger partial charge in [-0.25, -0.2) is 4.99 Å². The number of likely N-dealkylation sites (tertiary alicyclic amines) is 2. The van der Waals surface area contributed by atoms with Gasteiger partial charge in [0.1, 0.15) is 6.54 Å². The van der Waals surface area contributed by atoms with E-state index in [4.69, 9.17) is 5.73 Å². The second-order valence-corrected chi connectivity index (χ2v) is 7.86. The molecule has 2 unspecified atom stereocenters. The maximum atomic E-state index is 12.0. The van der Waals surface area contributed by atoms with Crippen LogP contribution in [0.4, 0.5) is 0 Å². The van der Waals surface area contributed by atoms with Crippen molar-refractivity contribution in [2.24, 2.45) is 16.6 Å². The number of rotatable bonds is 7. The number of piperidine rings is 1. The van der Waals surface area contributed by atoms with Crippen molar-refractivity contribution in [1.82, 2.24) is 20.0 Å². The van der Waals surface area contributed by atoms with E-state index in [2.05, 4.69) is 27.0 Å². The second-order valence-electron chi connectivity index (χ2n) is 7.86. The van der Waals surface area contributed by atoms with Gasteiger partial charge >= 0.3 is 0 Å². The van der Waals surface area contributed by atoms with Gasteiger partial charge in [-0.3, -0.25) is 14.5 Å². The summed E-state index contributed by atoms with van der Waals surface area (Å²) < 4.78 is 0. The molecule has 2 atom stereocenters. The summed E-state index contributed by atoms with van der Waals surface area (Å²) in [4.78, 5) is 34.1. The average Bonchev–Trinajstić information content (AvgIpc) is 3.08. The molecule has 0 radical (unpaired) electrons. The zero-order valence-electron chi connectivity index (χ0n) is 17.1. The number of carbonyl (C=O) groups excluding carboxylic acids is 2. The van der Waals surface area contributed by atoms with Gasteiger partial charge in [0.25, 0.3) is 0 Å². The van der Waals surface area contributed by atoms with Crippen molar-refractivity contribution in [2.75, 3.05) is 53.4 Å². The fourth-order valence-electron chi connectivity index (χ4n) is 4.01. The van der Waals surface area contributed by atoms with Gasteiger partial charge in [0, 0.05) is 46.2 Å². The lowest BCUT2D eigenvalue weighted by Gasteiger charge is -2.35. The zero-order valence-corrected chi connectivity index (χ0v) is 17.1. The SMILES string of the molecule is CCN1CCCC1CNC(=NCC(=O)N(C)C)N1CCCC(CC(N)=O)C1. The van der Waals surface area contributed by atoms with Gasteiger partial charge in [0.15, 0.2) is 5.96 Å². The Morgan fingerprint density at radius 1 is 1.22 bits per heavy atom. The molecule has 0 spiro atoms. The van der Waals surface area contributed by atoms with Gasteiger partial charge in [0.2, 0.25) is 11.8 Å². The van der Waals surface area contributed by atoms with Gasteiger partial charge in [-0.2, -0.15) is 0 Å². The number of amides is 2. The molecule has 0 saturated carbocycles. The summed E-state index contributed by atoms with van der Waals surface area (Å²) in [6.45, 7) is 7.02. The smallest absolute Gasteiger partial charge is 0.243 e. The Morgan fingerprint density at radius 2 is 1.96 bits per heavy atom. The first-order valence-corrected chi connectivity index (χ1v) is 10.2. The molecule has 2 rings (SSSR count). The maximum absolute atomic E-state index is 12.0. The predicted octanol–water partition coefficient (Wildman–Crippen LogP) is 0.0919. The molecule has 154 valence electrons. The standard InChI is InChI=1S/C19H36N6O2/c1-4-24-9-6-8-16(24)12-21-19(22-13-18(27)23(2)3)25-10-5-7-15(14-25)11-17(20)26/h15-16H,4-14H2,1-3H3,(H2,20,26)(H,21,22). The first-order chi connectivity index (χ1) is 12.9. The fourth-order valence-corrected chi connectivity index (χ4v) is 4.01. The normalized spacial score (nSPS) is 24.1. The summed E-state index contributed by atoms with van der Waals surface area (Å²) in [5, 5.41) is 3.51. The Hall–Kier alpha value is -1.83. The van der Waals surface area contributed by atoms with Crippen molar-refractivity contribution >= 4 is 17.8 Å². The van der Waals surface area contributed by atoms with E-state index in [1.165, 1.54) is 12.8 Å². The van der Waals surface area contributed by atoms with E-state index < -0.39 is 0 Å². The lowest BCUT2D eigenvalue weighted by atomic mass is 9.95. The number of nitrogens with one attached hydrogen (secondary N) is 1. The van der Waals surface area contributed by atoms with Gasteiger partial charge in [0.05, 0.1) is 0 Å². The summed E-state index contributed by atoms with van der Waals surface area (Å²) in [7, 11) is 3.48. The summed E-state index contributed by atoms with van der Waals surface area (Å²) in [6, 6.07) is 0.510. The molecule has 2 saturated heterocycles. The quantitative estimate of drug-likeness (QED) is 0.482. The molecular weight excluding hydrogens is 344 g/mol. The van der Waals surface area contributed by atoms with Gasteiger partial charge < -0.3 is 20.9 Å². The van der Waals surface area contributed by atoms with E-state index in [1.54, 1.807) is 19.0 Å². The molecule has 0 bridgehead atoms. The third kappa shape index (κ3) is 6.68. The molecule has 0 aromatic heterocycles. The van der Waals surface area contributed by atoms with Crippen molar-refractivity contribution in [1.29, 1.82) is 0 Å². The molecule has 3 N–H and O–H groups in total. The van der Waals surface area contributed by atoms with Gasteiger partial charge in [-0.05, 0) is 44.7 Å². The number of primary amides is 1. The number of aliphatic imine (C=N–C) groups is 1. The monoisotopic (exact) mass is 380 g/mol. The van der Waals surface area contributed by atoms with Crippen LogP contribution in [0, 0.1) is 5.92 Å². The molecule has 2 aliphatic heterocycles. The van der Waals surface area contributed by atoms with E-state index >= 15 is 0 Å². The van der Waals surface area contributed by atoms with Crippen LogP contribution in [0.25, 0.3) is 0 Å². The Bertz CT molecular complexity index is 536. The summed E-state index contributed by atoms with van der Waals surface area (Å²) >= 11 is 0. The Labute approximate surface area is 163 Å². The molecule has 0 aromatic carbocycles. The highest BCUT2D eigenvalue weighted by atomic mass is 16.2. The average molecular weight is 381 g/mol. The second kappa shape index (κ2) is 10.5. The van der Waals surface area contributed by atoms with E-state index in [1.807, 2.05) is 0 Å². The number of likely N-dealkylation sites (N-methyl/N-ethyl adjacent to an activating group) is 2. The molecule has 2 heterocycles. The molecule has 27 heavy (non-hydrogen) atoms. The topological polar surface area (TPSA) is 94.3 Å². The van der Waals surface area contributed by atoms with E-state index in [0.29, 0.717) is 12.5 Å². The molecule has 2 amide bonds. The van der Waals surface area contributed by atoms with Crippen LogP contribution in [0.2, 0.25) is 0 Å². The number of hydrogen-bond donors (Lipinski definition) is 2. The van der Waals surface area contributed by atoms with E-state index in [0.717, 1.165) is 51.5 Å². The first-order valence-electron chi connectivity index (χ1n) is 10.2. The summed E-state index contributed by atoms with van der Waals surface area (Å²) in [5.41, 5.74) is 5.39. The maximum Gasteiger partial charge on any atom is 0.243 e. The number of guanidine groups is 1. The fraction of sp³-hybridized carbons (Fsp3) is 0.842. The van der Waals surface area contributed by atoms with Crippen molar-refractivity contribution in [2.45, 2.75) is 45.1 Å². The Kier molecular flexibility index (Phi) is 8.34. The minimum Gasteiger partial charge on any atom is -0.370 e. The molecular formula is C19H36N6O2. The van der Waals surface area contributed by atoms with Crippen LogP contribution in [0.15, 0.2) is 4.99 Å². The molecule has 2 fully saturated rings. The lowest BCUT2D eigenvalue weighted by Crippen LogP contribution is -2.50. The zero-order chi connectivity index (χ0) is 19.8. The molecule has 0 aromatic rings. The Balaban J connectivity index is 2.03. The summed E-state index contributed by atoms with van der Waals surface area (Å²) in [6.07, 6.45) is 4.85. The third-order valence-corrected chi connectivity index (χ3v) is 5.57. The highest BCUT2D eigenvalue weighted by Gasteiger charge is 2.26. The van der Waals surface area contributed by atoms with E-state index in [-0.39, 0.29) is 24.3 Å². The van der Waals surface area contributed by atoms with Crippen LogP contribution in [0.5, 0.6) is 0 Å². The molecule has 8 nitrogen and oxygen atoms in total. The van der Waals surface area contributed by atoms with Gasteiger partial charge in [-0.15, -0.1) is 0 Å². The first kappa shape index (κ1) is 21.5. The minimum atomic E-state index is -0.249. The molecule has 2 aliphatic rings. The van der Waals surface area contributed by atoms with Gasteiger partial charge in [-0.1, -0.05) is 6.92 Å². The van der Waals surface area contributed by atoms with Crippen LogP contribution in [0.3, 0.4) is 0 Å². The number of carbonyl (C=O) groups is 2. The minimum absolute atomic E-state index is 0.0175. The molecule has 0 aliphatic carbocycles. The van der Waals surface area contributed by atoms with E-state index in [9.17, 15) is 9.59 Å². The third-order valence-electron chi connectivity index (χ3n) is 5.57. The van der Waals surface area contributed by atoms with Crippen LogP contribution in [-0.2, 0) is 9.59 Å². The Morgan fingerprint density at radius 3 is 2.63 bits per heavy atom. The van der Waals surface area contributed by atoms with Crippen molar-refractivity contribution < 1.29 is 9.59 Å². The molecule has 8 heteroatoms. The lowest BCUT2D eigenvalue weighted by molar-refractivity contribution is -0.127. The van der Waals surface area contributed by atoms with Crippen LogP contribution in [-0.4, -0.2) is 91.9 Å². The largest absolute Gasteiger partial charge is 0.370 e. The van der Waals surface area contributed by atoms with Crippen LogP contribution < -0.4 is 11.1 Å². The van der Waals surface area contributed by atoms with Crippen LogP contribution in [0.1, 0.15) is 39.0 Å². The van der Waals surface area contributed by atoms with Crippen LogP contribution >= 0.6 is 0 Å². The highest BCUT2D eigenvalue weighted by Crippen LogP contribution is 2.20. The number of nitrogens with zero attached hydrogens (tertiary/aromatic N) is 4. The number of hydrogen-bond acceptors (Lipinski definition) is 4. The van der Waals surface area contributed by atoms with Crippen molar-refractivity contribution in [3.63, 3.8) is 0 Å². The predicted molar refractivity (Wildman–Crippen MR) is 107 cm³/mol. The summed E-state index contributed by atoms with van der Waals surface area (Å²) in [5.74, 6) is 0.769. The highest BCUT2D eigenvalue weighted by molar-refractivity contribution is 5.85. The number of nitrogens with two attached hydrogens (primary N) is 1.